The van der Waals surface area contributed by atoms with Crippen LogP contribution in [0.1, 0.15) is 51.9 Å². The van der Waals surface area contributed by atoms with Gasteiger partial charge in [0.05, 0.1) is 6.10 Å². The number of aliphatic hydroxyl groups is 1. The van der Waals surface area contributed by atoms with Gasteiger partial charge in [-0.05, 0) is 38.5 Å². The van der Waals surface area contributed by atoms with Crippen LogP contribution in [0.3, 0.4) is 0 Å². The highest BCUT2D eigenvalue weighted by Crippen LogP contribution is 1.99. The SMILES string of the molecule is CC/C=C\CC/C=C/C=C\C=C\[C@@H](O)C/C=C\C/C=C\CCC(=O)O. The Balaban J connectivity index is 3.74. The Morgan fingerprint density at radius 1 is 0.840 bits per heavy atom. The van der Waals surface area contributed by atoms with Crippen LogP contribution in [0.4, 0.5) is 0 Å². The van der Waals surface area contributed by atoms with Gasteiger partial charge in [-0.15, -0.1) is 0 Å². The van der Waals surface area contributed by atoms with Gasteiger partial charge in [-0.2, -0.15) is 0 Å². The summed E-state index contributed by atoms with van der Waals surface area (Å²) < 4.78 is 0. The standard InChI is InChI=1S/C22H32O3/c1-2-3-4-5-6-7-8-9-12-15-18-21(23)19-16-13-10-11-14-17-20-22(24)25/h3-4,7-9,11-16,18,21,23H,2,5-6,10,17,19-20H2,1H3,(H,24,25)/b4-3-,8-7+,12-9-,14-11-,16-13-,18-15+/t21-/m1/s1. The van der Waals surface area contributed by atoms with Crippen LogP contribution in [0.15, 0.2) is 72.9 Å². The maximum absolute atomic E-state index is 10.3. The van der Waals surface area contributed by atoms with Crippen molar-refractivity contribution in [1.29, 1.82) is 0 Å². The van der Waals surface area contributed by atoms with E-state index < -0.39 is 12.1 Å². The van der Waals surface area contributed by atoms with Crippen molar-refractivity contribution >= 4 is 5.97 Å². The molecule has 3 heteroatoms. The van der Waals surface area contributed by atoms with Gasteiger partial charge in [-0.1, -0.05) is 79.8 Å². The molecule has 0 aliphatic heterocycles. The molecule has 0 fully saturated rings. The summed E-state index contributed by atoms with van der Waals surface area (Å²) in [5.41, 5.74) is 0. The molecule has 0 aliphatic rings. The van der Waals surface area contributed by atoms with Crippen LogP contribution in [0.25, 0.3) is 0 Å². The Bertz CT molecular complexity index is 493. The zero-order valence-electron chi connectivity index (χ0n) is 15.3. The van der Waals surface area contributed by atoms with Crippen molar-refractivity contribution in [2.24, 2.45) is 0 Å². The van der Waals surface area contributed by atoms with E-state index in [9.17, 15) is 9.90 Å². The number of rotatable bonds is 14. The van der Waals surface area contributed by atoms with E-state index in [1.165, 1.54) is 0 Å². The minimum atomic E-state index is -0.774. The fourth-order valence-corrected chi connectivity index (χ4v) is 1.88. The molecule has 0 saturated heterocycles. The van der Waals surface area contributed by atoms with E-state index in [2.05, 4.69) is 25.2 Å². The number of hydrogen-bond donors (Lipinski definition) is 2. The highest BCUT2D eigenvalue weighted by molar-refractivity contribution is 5.66. The molecule has 0 aliphatic carbocycles. The molecule has 0 radical (unpaired) electrons. The normalized spacial score (nSPS) is 14.3. The van der Waals surface area contributed by atoms with Crippen molar-refractivity contribution in [2.45, 2.75) is 58.0 Å². The van der Waals surface area contributed by atoms with Crippen molar-refractivity contribution < 1.29 is 15.0 Å². The van der Waals surface area contributed by atoms with Gasteiger partial charge in [-0.25, -0.2) is 0 Å². The average Bonchev–Trinajstić information content (AvgIpc) is 2.58. The minimum Gasteiger partial charge on any atom is -0.481 e. The Labute approximate surface area is 152 Å². The van der Waals surface area contributed by atoms with Gasteiger partial charge in [0, 0.05) is 6.42 Å². The average molecular weight is 344 g/mol. The quantitative estimate of drug-likeness (QED) is 0.248. The Hall–Kier alpha value is -2.13. The maximum atomic E-state index is 10.3. The summed E-state index contributed by atoms with van der Waals surface area (Å²) in [6.45, 7) is 2.13. The predicted octanol–water partition coefficient (Wildman–Crippen LogP) is 5.52. The van der Waals surface area contributed by atoms with E-state index in [-0.39, 0.29) is 6.42 Å². The third-order valence-electron chi connectivity index (χ3n) is 3.21. The van der Waals surface area contributed by atoms with E-state index >= 15 is 0 Å². The molecule has 0 amide bonds. The third kappa shape index (κ3) is 19.8. The van der Waals surface area contributed by atoms with Crippen molar-refractivity contribution in [2.75, 3.05) is 0 Å². The van der Waals surface area contributed by atoms with E-state index in [4.69, 9.17) is 5.11 Å². The van der Waals surface area contributed by atoms with Crippen molar-refractivity contribution in [3.8, 4) is 0 Å². The van der Waals surface area contributed by atoms with Gasteiger partial charge in [-0.3, -0.25) is 4.79 Å². The summed E-state index contributed by atoms with van der Waals surface area (Å²) in [4.78, 5) is 10.3. The lowest BCUT2D eigenvalue weighted by atomic mass is 10.2. The van der Waals surface area contributed by atoms with Gasteiger partial charge in [0.1, 0.15) is 0 Å². The molecule has 0 heterocycles. The summed E-state index contributed by atoms with van der Waals surface area (Å²) >= 11 is 0. The smallest absolute Gasteiger partial charge is 0.303 e. The first kappa shape index (κ1) is 22.9. The second-order valence-electron chi connectivity index (χ2n) is 5.57. The molecule has 0 aromatic heterocycles. The van der Waals surface area contributed by atoms with Gasteiger partial charge < -0.3 is 10.2 Å². The van der Waals surface area contributed by atoms with Crippen LogP contribution >= 0.6 is 0 Å². The predicted molar refractivity (Wildman–Crippen MR) is 106 cm³/mol. The number of aliphatic hydroxyl groups excluding tert-OH is 1. The molecule has 2 N–H and O–H groups in total. The lowest BCUT2D eigenvalue weighted by Gasteiger charge is -1.98. The largest absolute Gasteiger partial charge is 0.481 e. The molecule has 1 atom stereocenters. The first-order valence-corrected chi connectivity index (χ1v) is 9.01. The van der Waals surface area contributed by atoms with Crippen molar-refractivity contribution in [3.05, 3.63) is 72.9 Å². The van der Waals surface area contributed by atoms with Crippen molar-refractivity contribution in [3.63, 3.8) is 0 Å². The molecule has 0 spiro atoms. The topological polar surface area (TPSA) is 57.5 Å². The molecule has 0 bridgehead atoms. The number of allylic oxidation sites excluding steroid dienone is 10. The van der Waals surface area contributed by atoms with Gasteiger partial charge in [0.15, 0.2) is 0 Å². The van der Waals surface area contributed by atoms with Crippen LogP contribution in [-0.4, -0.2) is 22.3 Å². The second kappa shape index (κ2) is 18.2. The number of carboxylic acid groups (broad SMARTS) is 1. The molecule has 25 heavy (non-hydrogen) atoms. The number of aliphatic carboxylic acids is 1. The lowest BCUT2D eigenvalue weighted by Crippen LogP contribution is -1.98. The van der Waals surface area contributed by atoms with Crippen LogP contribution < -0.4 is 0 Å². The molecular formula is C22H32O3. The molecule has 0 unspecified atom stereocenters. The molecule has 3 nitrogen and oxygen atoms in total. The Morgan fingerprint density at radius 2 is 1.52 bits per heavy atom. The molecule has 0 aromatic carbocycles. The molecule has 0 aromatic rings. The lowest BCUT2D eigenvalue weighted by molar-refractivity contribution is -0.136. The zero-order valence-corrected chi connectivity index (χ0v) is 15.3. The van der Waals surface area contributed by atoms with Crippen molar-refractivity contribution in [1.82, 2.24) is 0 Å². The van der Waals surface area contributed by atoms with E-state index in [1.807, 2.05) is 48.6 Å². The summed E-state index contributed by atoms with van der Waals surface area (Å²) in [6.07, 6.45) is 28.5. The van der Waals surface area contributed by atoms with E-state index in [0.717, 1.165) is 25.7 Å². The fraction of sp³-hybridized carbons (Fsp3) is 0.409. The highest BCUT2D eigenvalue weighted by Gasteiger charge is 1.93. The summed E-state index contributed by atoms with van der Waals surface area (Å²) in [5.74, 6) is -0.774. The van der Waals surface area contributed by atoms with Crippen LogP contribution in [0.5, 0.6) is 0 Å². The van der Waals surface area contributed by atoms with E-state index in [1.54, 1.807) is 6.08 Å². The summed E-state index contributed by atoms with van der Waals surface area (Å²) in [7, 11) is 0. The third-order valence-corrected chi connectivity index (χ3v) is 3.21. The summed E-state index contributed by atoms with van der Waals surface area (Å²) in [5, 5.41) is 18.3. The van der Waals surface area contributed by atoms with Crippen LogP contribution in [0, 0.1) is 0 Å². The maximum Gasteiger partial charge on any atom is 0.303 e. The summed E-state index contributed by atoms with van der Waals surface area (Å²) in [6, 6.07) is 0. The number of carbonyl (C=O) groups is 1. The fourth-order valence-electron chi connectivity index (χ4n) is 1.88. The Kier molecular flexibility index (Phi) is 16.7. The number of hydrogen-bond acceptors (Lipinski definition) is 2. The zero-order chi connectivity index (χ0) is 18.6. The molecular weight excluding hydrogens is 312 g/mol. The Morgan fingerprint density at radius 3 is 2.28 bits per heavy atom. The van der Waals surface area contributed by atoms with Crippen LogP contribution in [-0.2, 0) is 4.79 Å². The second-order valence-corrected chi connectivity index (χ2v) is 5.57. The number of carboxylic acids is 1. The first-order valence-electron chi connectivity index (χ1n) is 9.01. The van der Waals surface area contributed by atoms with Crippen LogP contribution in [0.2, 0.25) is 0 Å². The van der Waals surface area contributed by atoms with Gasteiger partial charge in [0.25, 0.3) is 0 Å². The van der Waals surface area contributed by atoms with Gasteiger partial charge >= 0.3 is 5.97 Å². The molecule has 0 saturated carbocycles. The monoisotopic (exact) mass is 344 g/mol. The highest BCUT2D eigenvalue weighted by atomic mass is 16.4. The van der Waals surface area contributed by atoms with Gasteiger partial charge in [0.2, 0.25) is 0 Å². The van der Waals surface area contributed by atoms with E-state index in [0.29, 0.717) is 12.8 Å². The number of unbranched alkanes of at least 4 members (excludes halogenated alkanes) is 1. The molecule has 138 valence electrons. The first-order chi connectivity index (χ1) is 12.2. The minimum absolute atomic E-state index is 0.169. The molecule has 0 rings (SSSR count).